The van der Waals surface area contributed by atoms with Crippen LogP contribution in [0.25, 0.3) is 131 Å². The fourth-order valence-corrected chi connectivity index (χ4v) is 11.2. The summed E-state index contributed by atoms with van der Waals surface area (Å²) in [6, 6.07) is 67.7. The third-order valence-corrected chi connectivity index (χ3v) is 13.8. The summed E-state index contributed by atoms with van der Waals surface area (Å²) in [7, 11) is 0. The van der Waals surface area contributed by atoms with Gasteiger partial charge in [-0.15, -0.1) is 11.3 Å². The average Bonchev–Trinajstić information content (AvgIpc) is 4.07. The molecular weight excluding hydrogens is 763 g/mol. The lowest BCUT2D eigenvalue weighted by molar-refractivity contribution is 1.07. The number of hydrogen-bond acceptors (Lipinski definition) is 4. The fraction of sp³-hybridized carbons (Fsp3) is 0. The van der Waals surface area contributed by atoms with Gasteiger partial charge < -0.3 is 8.97 Å². The molecule has 0 saturated heterocycles. The Morgan fingerprint density at radius 3 is 1.75 bits per heavy atom. The van der Waals surface area contributed by atoms with E-state index in [0.29, 0.717) is 17.5 Å². The van der Waals surface area contributed by atoms with E-state index in [1.54, 1.807) is 0 Å². The van der Waals surface area contributed by atoms with Gasteiger partial charge in [0.2, 0.25) is 0 Å². The predicted molar refractivity (Wildman–Crippen MR) is 256 cm³/mol. The van der Waals surface area contributed by atoms with Gasteiger partial charge in [0.15, 0.2) is 17.5 Å². The second-order valence-electron chi connectivity index (χ2n) is 16.0. The number of fused-ring (bicyclic) bond motifs is 14. The van der Waals surface area contributed by atoms with Gasteiger partial charge in [-0.25, -0.2) is 15.0 Å². The lowest BCUT2D eigenvalue weighted by atomic mass is 10.0. The first-order chi connectivity index (χ1) is 30.2. The van der Waals surface area contributed by atoms with Crippen molar-refractivity contribution in [2.75, 3.05) is 0 Å². The van der Waals surface area contributed by atoms with E-state index in [0.717, 1.165) is 33.3 Å². The first-order valence-electron chi connectivity index (χ1n) is 20.6. The maximum atomic E-state index is 5.32. The van der Waals surface area contributed by atoms with Crippen LogP contribution in [-0.4, -0.2) is 23.9 Å². The fourth-order valence-electron chi connectivity index (χ4n) is 10.0. The quantitative estimate of drug-likeness (QED) is 0.178. The molecule has 0 N–H and O–H groups in total. The highest BCUT2D eigenvalue weighted by atomic mass is 32.1. The number of hydrogen-bond donors (Lipinski definition) is 0. The van der Waals surface area contributed by atoms with Crippen molar-refractivity contribution >= 4 is 102 Å². The monoisotopic (exact) mass is 793 g/mol. The molecule has 5 aromatic heterocycles. The normalized spacial score (nSPS) is 12.3. The van der Waals surface area contributed by atoms with Crippen LogP contribution in [-0.2, 0) is 0 Å². The van der Waals surface area contributed by atoms with Gasteiger partial charge in [-0.3, -0.25) is 0 Å². The summed E-state index contributed by atoms with van der Waals surface area (Å²) >= 11 is 1.82. The van der Waals surface area contributed by atoms with Gasteiger partial charge in [0.1, 0.15) is 0 Å². The van der Waals surface area contributed by atoms with E-state index in [4.69, 9.17) is 15.0 Å². The van der Waals surface area contributed by atoms with Gasteiger partial charge in [-0.05, 0) is 41.8 Å². The van der Waals surface area contributed by atoms with Crippen LogP contribution in [0.15, 0.2) is 188 Å². The number of thiophene rings is 1. The van der Waals surface area contributed by atoms with Crippen LogP contribution in [0, 0.1) is 0 Å². The first-order valence-corrected chi connectivity index (χ1v) is 21.4. The molecule has 0 spiro atoms. The Hall–Kier alpha value is -7.93. The lowest BCUT2D eigenvalue weighted by Crippen LogP contribution is -2.01. The van der Waals surface area contributed by atoms with Crippen LogP contribution in [0.5, 0.6) is 0 Å². The molecule has 14 rings (SSSR count). The predicted octanol–water partition coefficient (Wildman–Crippen LogP) is 14.6. The Kier molecular flexibility index (Phi) is 6.65. The molecule has 14 aromatic rings. The minimum Gasteiger partial charge on any atom is -0.308 e. The topological polar surface area (TPSA) is 48.0 Å². The molecule has 0 aliphatic heterocycles. The summed E-state index contributed by atoms with van der Waals surface area (Å²) in [6.45, 7) is 0. The molecule has 0 radical (unpaired) electrons. The Bertz CT molecular complexity index is 4050. The number of benzene rings is 9. The zero-order valence-electron chi connectivity index (χ0n) is 32.5. The maximum Gasteiger partial charge on any atom is 0.164 e. The molecule has 0 amide bonds. The van der Waals surface area contributed by atoms with Crippen LogP contribution in [0.4, 0.5) is 0 Å². The molecule has 0 aliphatic carbocycles. The maximum absolute atomic E-state index is 5.32. The van der Waals surface area contributed by atoms with Crippen molar-refractivity contribution in [2.45, 2.75) is 0 Å². The van der Waals surface area contributed by atoms with E-state index in [2.05, 4.69) is 161 Å². The van der Waals surface area contributed by atoms with E-state index >= 15 is 0 Å². The van der Waals surface area contributed by atoms with Gasteiger partial charge in [0.05, 0.1) is 27.6 Å². The minimum absolute atomic E-state index is 0.644. The van der Waals surface area contributed by atoms with E-state index in [1.165, 1.54) is 79.9 Å². The highest BCUT2D eigenvalue weighted by Gasteiger charge is 2.24. The molecule has 9 aromatic carbocycles. The van der Waals surface area contributed by atoms with E-state index in [-0.39, 0.29) is 0 Å². The summed E-state index contributed by atoms with van der Waals surface area (Å²) in [5.74, 6) is 1.93. The summed E-state index contributed by atoms with van der Waals surface area (Å²) in [5, 5.41) is 12.3. The molecule has 0 unspecified atom stereocenters. The van der Waals surface area contributed by atoms with E-state index in [9.17, 15) is 0 Å². The highest BCUT2D eigenvalue weighted by molar-refractivity contribution is 7.26. The molecule has 0 bridgehead atoms. The van der Waals surface area contributed by atoms with Gasteiger partial charge in [-0.2, -0.15) is 0 Å². The van der Waals surface area contributed by atoms with Crippen LogP contribution < -0.4 is 0 Å². The van der Waals surface area contributed by atoms with Crippen molar-refractivity contribution in [3.63, 3.8) is 0 Å². The van der Waals surface area contributed by atoms with Crippen molar-refractivity contribution in [2.24, 2.45) is 0 Å². The average molecular weight is 794 g/mol. The van der Waals surface area contributed by atoms with Crippen LogP contribution in [0.3, 0.4) is 0 Å². The molecule has 6 heteroatoms. The third kappa shape index (κ3) is 4.62. The lowest BCUT2D eigenvalue weighted by Gasteiger charge is -2.14. The SMILES string of the molecule is c1ccc(-c2nc(-c3ccccc3)nc(-c3cc(-n4c5cc6c(cc5c5ccc7ccccc7c54)c4cccc5c7ccccc7n6c54)cc4sc5ccccc5c34)n2)cc1. The number of para-hydroxylation sites is 2. The highest BCUT2D eigenvalue weighted by Crippen LogP contribution is 2.46. The largest absolute Gasteiger partial charge is 0.308 e. The van der Waals surface area contributed by atoms with Gasteiger partial charge in [0, 0.05) is 80.3 Å². The number of aromatic nitrogens is 5. The minimum atomic E-state index is 0.644. The van der Waals surface area contributed by atoms with Crippen LogP contribution in [0.1, 0.15) is 0 Å². The molecule has 0 fully saturated rings. The molecule has 61 heavy (non-hydrogen) atoms. The second kappa shape index (κ2) is 12.3. The Labute approximate surface area is 352 Å². The molecule has 0 aliphatic rings. The van der Waals surface area contributed by atoms with Gasteiger partial charge in [0.25, 0.3) is 0 Å². The van der Waals surface area contributed by atoms with E-state index < -0.39 is 0 Å². The van der Waals surface area contributed by atoms with Gasteiger partial charge >= 0.3 is 0 Å². The standard InChI is InChI=1S/C55H31N5S/c1-3-15-33(16-4-1)53-56-54(34-17-5-2-6-18-34)58-55(57-53)44-28-35(29-49-50(44)41-21-10-12-25-48(41)61-49)59-46-31-47-42(30-43(46)40-27-26-32-14-7-8-19-36(32)51(40)59)39-23-13-22-38-37-20-9-11-24-45(37)60(47)52(38)39/h1-31H. The Balaban J connectivity index is 1.14. The molecule has 282 valence electrons. The zero-order chi connectivity index (χ0) is 39.8. The van der Waals surface area contributed by atoms with Crippen molar-refractivity contribution in [1.82, 2.24) is 23.9 Å². The van der Waals surface area contributed by atoms with E-state index in [1.807, 2.05) is 47.7 Å². The van der Waals surface area contributed by atoms with Crippen LogP contribution in [0.2, 0.25) is 0 Å². The molecule has 5 heterocycles. The number of rotatable bonds is 4. The Morgan fingerprint density at radius 2 is 0.967 bits per heavy atom. The van der Waals surface area contributed by atoms with Crippen LogP contribution >= 0.6 is 11.3 Å². The molecular formula is C55H31N5S. The molecule has 5 nitrogen and oxygen atoms in total. The number of nitrogens with zero attached hydrogens (tertiary/aromatic N) is 5. The van der Waals surface area contributed by atoms with Crippen molar-refractivity contribution < 1.29 is 0 Å². The zero-order valence-corrected chi connectivity index (χ0v) is 33.4. The first kappa shape index (κ1) is 33.0. The second-order valence-corrected chi connectivity index (χ2v) is 17.0. The smallest absolute Gasteiger partial charge is 0.164 e. The van der Waals surface area contributed by atoms with Gasteiger partial charge in [-0.1, -0.05) is 152 Å². The van der Waals surface area contributed by atoms with Crippen molar-refractivity contribution in [3.05, 3.63) is 188 Å². The third-order valence-electron chi connectivity index (χ3n) is 12.7. The molecule has 0 atom stereocenters. The van der Waals surface area contributed by atoms with Crippen molar-refractivity contribution in [3.8, 4) is 39.9 Å². The molecule has 0 saturated carbocycles. The summed E-state index contributed by atoms with van der Waals surface area (Å²) in [6.07, 6.45) is 0. The van der Waals surface area contributed by atoms with Crippen molar-refractivity contribution in [1.29, 1.82) is 0 Å². The summed E-state index contributed by atoms with van der Waals surface area (Å²) in [5.41, 5.74) is 9.97. The summed E-state index contributed by atoms with van der Waals surface area (Å²) in [4.78, 5) is 15.7. The summed E-state index contributed by atoms with van der Waals surface area (Å²) < 4.78 is 7.39. The Morgan fingerprint density at radius 1 is 0.361 bits per heavy atom.